The fourth-order valence-corrected chi connectivity index (χ4v) is 3.84. The lowest BCUT2D eigenvalue weighted by Crippen LogP contribution is -2.30. The number of rotatable bonds is 4. The molecule has 1 fully saturated rings. The number of aromatic amines is 1. The van der Waals surface area contributed by atoms with Gasteiger partial charge < -0.3 is 5.32 Å². The van der Waals surface area contributed by atoms with E-state index in [1.807, 2.05) is 6.07 Å². The summed E-state index contributed by atoms with van der Waals surface area (Å²) >= 11 is 3.16. The van der Waals surface area contributed by atoms with E-state index in [1.165, 1.54) is 16.6 Å². The second kappa shape index (κ2) is 6.41. The van der Waals surface area contributed by atoms with Gasteiger partial charge in [0.25, 0.3) is 0 Å². The molecule has 1 saturated heterocycles. The normalized spacial score (nSPS) is 19.6. The summed E-state index contributed by atoms with van der Waals surface area (Å²) in [6.45, 7) is 0.785. The largest absolute Gasteiger partial charge is 0.355 e. The van der Waals surface area contributed by atoms with Crippen LogP contribution in [-0.2, 0) is 11.2 Å². The highest BCUT2D eigenvalue weighted by molar-refractivity contribution is 8.00. The number of hydrogen-bond acceptors (Lipinski definition) is 5. The Bertz CT molecular complexity index is 567. The van der Waals surface area contributed by atoms with Crippen LogP contribution < -0.4 is 5.32 Å². The Kier molecular flexibility index (Phi) is 4.37. The van der Waals surface area contributed by atoms with E-state index in [-0.39, 0.29) is 11.2 Å². The monoisotopic (exact) mass is 308 g/mol. The van der Waals surface area contributed by atoms with E-state index < -0.39 is 0 Å². The van der Waals surface area contributed by atoms with Crippen LogP contribution >= 0.6 is 23.1 Å². The van der Waals surface area contributed by atoms with Crippen molar-refractivity contribution in [3.8, 4) is 0 Å². The fraction of sp³-hybridized carbons (Fsp3) is 0.462. The predicted octanol–water partition coefficient (Wildman–Crippen LogP) is 2.22. The van der Waals surface area contributed by atoms with E-state index in [1.54, 1.807) is 11.3 Å². The molecule has 5 nitrogen and oxygen atoms in total. The summed E-state index contributed by atoms with van der Waals surface area (Å²) in [4.78, 5) is 17.6. The summed E-state index contributed by atoms with van der Waals surface area (Å²) in [7, 11) is 0. The minimum Gasteiger partial charge on any atom is -0.355 e. The Morgan fingerprint density at radius 1 is 1.45 bits per heavy atom. The third-order valence-electron chi connectivity index (χ3n) is 3.17. The van der Waals surface area contributed by atoms with Crippen molar-refractivity contribution >= 4 is 29.0 Å². The van der Waals surface area contributed by atoms with E-state index in [0.717, 1.165) is 38.1 Å². The molecule has 0 aliphatic carbocycles. The summed E-state index contributed by atoms with van der Waals surface area (Å²) < 4.78 is 0. The zero-order valence-electron chi connectivity index (χ0n) is 11.0. The molecular weight excluding hydrogens is 292 g/mol. The van der Waals surface area contributed by atoms with Gasteiger partial charge >= 0.3 is 0 Å². The SMILES string of the molecule is O=C1NCCCC[C@@H]1Sc1n[nH]c(Cc2cccs2)n1. The van der Waals surface area contributed by atoms with Crippen LogP contribution in [0.1, 0.15) is 30.0 Å². The highest BCUT2D eigenvalue weighted by Gasteiger charge is 2.23. The van der Waals surface area contributed by atoms with Crippen molar-refractivity contribution in [1.29, 1.82) is 0 Å². The van der Waals surface area contributed by atoms with Crippen molar-refractivity contribution in [2.75, 3.05) is 6.54 Å². The number of aromatic nitrogens is 3. The van der Waals surface area contributed by atoms with Gasteiger partial charge in [-0.3, -0.25) is 9.89 Å². The molecule has 0 bridgehead atoms. The lowest BCUT2D eigenvalue weighted by Gasteiger charge is -2.09. The minimum atomic E-state index is -0.0668. The quantitative estimate of drug-likeness (QED) is 0.908. The van der Waals surface area contributed by atoms with E-state index >= 15 is 0 Å². The van der Waals surface area contributed by atoms with Crippen LogP contribution in [-0.4, -0.2) is 32.9 Å². The standard InChI is InChI=1S/C13H16N4OS2/c18-12-10(5-1-2-6-14-12)20-13-15-11(16-17-13)8-9-4-3-7-19-9/h3-4,7,10H,1-2,5-6,8H2,(H,14,18)(H,15,16,17)/t10-/m0/s1. The second-order valence-corrected chi connectivity index (χ2v) is 6.92. The van der Waals surface area contributed by atoms with Crippen molar-refractivity contribution in [1.82, 2.24) is 20.5 Å². The smallest absolute Gasteiger partial charge is 0.233 e. The number of nitrogens with zero attached hydrogens (tertiary/aromatic N) is 2. The lowest BCUT2D eigenvalue weighted by molar-refractivity contribution is -0.120. The van der Waals surface area contributed by atoms with Gasteiger partial charge in [-0.2, -0.15) is 0 Å². The van der Waals surface area contributed by atoms with Gasteiger partial charge in [-0.25, -0.2) is 4.98 Å². The number of hydrogen-bond donors (Lipinski definition) is 2. The maximum absolute atomic E-state index is 11.9. The molecule has 1 aliphatic rings. The molecule has 3 heterocycles. The van der Waals surface area contributed by atoms with Crippen molar-refractivity contribution < 1.29 is 4.79 Å². The lowest BCUT2D eigenvalue weighted by atomic mass is 10.2. The van der Waals surface area contributed by atoms with E-state index in [2.05, 4.69) is 31.9 Å². The Balaban J connectivity index is 1.63. The van der Waals surface area contributed by atoms with Crippen LogP contribution in [0.4, 0.5) is 0 Å². The summed E-state index contributed by atoms with van der Waals surface area (Å²) in [6.07, 6.45) is 3.79. The first-order valence-corrected chi connectivity index (χ1v) is 8.45. The van der Waals surface area contributed by atoms with Gasteiger partial charge in [0.2, 0.25) is 11.1 Å². The molecule has 0 spiro atoms. The maximum Gasteiger partial charge on any atom is 0.233 e. The summed E-state index contributed by atoms with van der Waals surface area (Å²) in [6, 6.07) is 4.11. The first kappa shape index (κ1) is 13.6. The molecule has 2 aromatic heterocycles. The van der Waals surface area contributed by atoms with Crippen LogP contribution in [0, 0.1) is 0 Å². The van der Waals surface area contributed by atoms with Crippen LogP contribution in [0.25, 0.3) is 0 Å². The molecule has 0 radical (unpaired) electrons. The van der Waals surface area contributed by atoms with Crippen LogP contribution in [0.2, 0.25) is 0 Å². The van der Waals surface area contributed by atoms with Gasteiger partial charge in [-0.05, 0) is 24.3 Å². The summed E-state index contributed by atoms with van der Waals surface area (Å²) in [5.41, 5.74) is 0. The molecule has 3 rings (SSSR count). The molecule has 1 aliphatic heterocycles. The molecular formula is C13H16N4OS2. The number of carbonyl (C=O) groups excluding carboxylic acids is 1. The van der Waals surface area contributed by atoms with Crippen molar-refractivity contribution in [3.05, 3.63) is 28.2 Å². The van der Waals surface area contributed by atoms with Gasteiger partial charge in [0.05, 0.1) is 5.25 Å². The van der Waals surface area contributed by atoms with Gasteiger partial charge in [-0.1, -0.05) is 24.2 Å². The first-order chi connectivity index (χ1) is 9.81. The Hall–Kier alpha value is -1.34. The second-order valence-electron chi connectivity index (χ2n) is 4.71. The van der Waals surface area contributed by atoms with E-state index in [4.69, 9.17) is 0 Å². The molecule has 106 valence electrons. The fourth-order valence-electron chi connectivity index (χ4n) is 2.14. The minimum absolute atomic E-state index is 0.0668. The highest BCUT2D eigenvalue weighted by atomic mass is 32.2. The third-order valence-corrected chi connectivity index (χ3v) is 5.17. The van der Waals surface area contributed by atoms with Crippen molar-refractivity contribution in [3.63, 3.8) is 0 Å². The van der Waals surface area contributed by atoms with Crippen LogP contribution in [0.5, 0.6) is 0 Å². The Morgan fingerprint density at radius 3 is 3.25 bits per heavy atom. The van der Waals surface area contributed by atoms with E-state index in [0.29, 0.717) is 5.16 Å². The van der Waals surface area contributed by atoms with Gasteiger partial charge in [0.15, 0.2) is 0 Å². The van der Waals surface area contributed by atoms with Crippen molar-refractivity contribution in [2.24, 2.45) is 0 Å². The summed E-state index contributed by atoms with van der Waals surface area (Å²) in [5.74, 6) is 0.959. The van der Waals surface area contributed by atoms with E-state index in [9.17, 15) is 4.79 Å². The molecule has 0 aromatic carbocycles. The van der Waals surface area contributed by atoms with Crippen LogP contribution in [0.3, 0.4) is 0 Å². The third kappa shape index (κ3) is 3.40. The summed E-state index contributed by atoms with van der Waals surface area (Å²) in [5, 5.41) is 12.8. The average molecular weight is 308 g/mol. The van der Waals surface area contributed by atoms with Gasteiger partial charge in [-0.15, -0.1) is 16.4 Å². The molecule has 1 amide bonds. The molecule has 0 saturated carbocycles. The van der Waals surface area contributed by atoms with Gasteiger partial charge in [0.1, 0.15) is 5.82 Å². The molecule has 1 atom stereocenters. The zero-order valence-corrected chi connectivity index (χ0v) is 12.6. The molecule has 2 N–H and O–H groups in total. The topological polar surface area (TPSA) is 70.7 Å². The molecule has 20 heavy (non-hydrogen) atoms. The Morgan fingerprint density at radius 2 is 2.40 bits per heavy atom. The first-order valence-electron chi connectivity index (χ1n) is 6.69. The number of H-pyrrole nitrogens is 1. The average Bonchev–Trinajstić information content (AvgIpc) is 3.05. The maximum atomic E-state index is 11.9. The number of thiophene rings is 1. The molecule has 2 aromatic rings. The van der Waals surface area contributed by atoms with Crippen molar-refractivity contribution in [2.45, 2.75) is 36.1 Å². The predicted molar refractivity (Wildman–Crippen MR) is 80.0 cm³/mol. The molecule has 7 heteroatoms. The number of thioether (sulfide) groups is 1. The number of carbonyl (C=O) groups is 1. The zero-order chi connectivity index (χ0) is 13.8. The highest BCUT2D eigenvalue weighted by Crippen LogP contribution is 2.25. The number of nitrogens with one attached hydrogen (secondary N) is 2. The Labute approximate surface area is 125 Å². The number of amides is 1. The molecule has 0 unspecified atom stereocenters. The van der Waals surface area contributed by atoms with Gasteiger partial charge in [0, 0.05) is 17.8 Å². The van der Waals surface area contributed by atoms with Crippen LogP contribution in [0.15, 0.2) is 22.7 Å².